The highest BCUT2D eigenvalue weighted by Crippen LogP contribution is 2.34. The van der Waals surface area contributed by atoms with Crippen LogP contribution >= 0.6 is 0 Å². The average molecular weight is 329 g/mol. The minimum absolute atomic E-state index is 0.0603. The van der Waals surface area contributed by atoms with Gasteiger partial charge in [-0.2, -0.15) is 0 Å². The Morgan fingerprint density at radius 3 is 2.43 bits per heavy atom. The molecule has 132 valence electrons. The van der Waals surface area contributed by atoms with Crippen LogP contribution in [0.25, 0.3) is 0 Å². The first-order valence-corrected chi connectivity index (χ1v) is 7.90. The second-order valence-electron chi connectivity index (χ2n) is 6.89. The van der Waals surface area contributed by atoms with E-state index in [1.54, 1.807) is 41.5 Å². The van der Waals surface area contributed by atoms with E-state index in [4.69, 9.17) is 14.2 Å². The molecule has 7 nitrogen and oxygen atoms in total. The van der Waals surface area contributed by atoms with Gasteiger partial charge in [0.2, 0.25) is 0 Å². The average Bonchev–Trinajstić information content (AvgIpc) is 2.73. The molecule has 1 amide bonds. The number of amides is 1. The Hall–Kier alpha value is -1.79. The molecule has 0 spiro atoms. The van der Waals surface area contributed by atoms with E-state index < -0.39 is 35.3 Å². The van der Waals surface area contributed by atoms with Crippen LogP contribution in [0.3, 0.4) is 0 Å². The maximum absolute atomic E-state index is 12.7. The molecule has 1 aliphatic rings. The minimum atomic E-state index is -1.31. The zero-order valence-corrected chi connectivity index (χ0v) is 14.7. The van der Waals surface area contributed by atoms with Gasteiger partial charge in [0.05, 0.1) is 6.61 Å². The van der Waals surface area contributed by atoms with Crippen LogP contribution in [0, 0.1) is 5.92 Å². The number of hydrogen-bond donors (Lipinski definition) is 1. The molecule has 0 aliphatic carbocycles. The molecule has 1 rings (SSSR count). The van der Waals surface area contributed by atoms with Crippen molar-refractivity contribution < 1.29 is 28.6 Å². The summed E-state index contributed by atoms with van der Waals surface area (Å²) in [6.45, 7) is 10.9. The third kappa shape index (κ3) is 4.59. The summed E-state index contributed by atoms with van der Waals surface area (Å²) in [7, 11) is 0. The first kappa shape index (κ1) is 19.3. The number of carbonyl (C=O) groups is 3. The Labute approximate surface area is 137 Å². The van der Waals surface area contributed by atoms with Crippen molar-refractivity contribution in [2.24, 2.45) is 5.92 Å². The molecule has 1 fully saturated rings. The van der Waals surface area contributed by atoms with Crippen LogP contribution in [0.1, 0.15) is 54.4 Å². The molecule has 1 saturated heterocycles. The largest absolute Gasteiger partial charge is 0.466 e. The molecule has 0 aromatic carbocycles. The van der Waals surface area contributed by atoms with Crippen LogP contribution in [-0.2, 0) is 23.8 Å². The number of ether oxygens (including phenoxy) is 3. The van der Waals surface area contributed by atoms with Crippen molar-refractivity contribution in [2.45, 2.75) is 71.6 Å². The molecule has 0 saturated carbocycles. The van der Waals surface area contributed by atoms with Crippen molar-refractivity contribution in [1.82, 2.24) is 5.32 Å². The first-order valence-electron chi connectivity index (χ1n) is 7.90. The lowest BCUT2D eigenvalue weighted by Gasteiger charge is -2.36. The summed E-state index contributed by atoms with van der Waals surface area (Å²) >= 11 is 0. The summed E-state index contributed by atoms with van der Waals surface area (Å²) in [6, 6.07) is 0. The SMILES string of the molecule is CCOC(=O)CC[C@@H]1OC(=O)N[C@@]1(C(=O)OC(C)(C)C)C(C)C. The highest BCUT2D eigenvalue weighted by molar-refractivity contribution is 5.90. The number of rotatable bonds is 6. The van der Waals surface area contributed by atoms with Crippen LogP contribution in [0.5, 0.6) is 0 Å². The Bertz CT molecular complexity index is 468. The van der Waals surface area contributed by atoms with Crippen LogP contribution in [-0.4, -0.2) is 41.9 Å². The van der Waals surface area contributed by atoms with Gasteiger partial charge >= 0.3 is 18.0 Å². The summed E-state index contributed by atoms with van der Waals surface area (Å²) in [6.07, 6.45) is -1.22. The van der Waals surface area contributed by atoms with Gasteiger partial charge in [0.25, 0.3) is 0 Å². The maximum atomic E-state index is 12.7. The monoisotopic (exact) mass is 329 g/mol. The third-order valence-corrected chi connectivity index (χ3v) is 3.63. The fraction of sp³-hybridized carbons (Fsp3) is 0.812. The Balaban J connectivity index is 2.98. The number of nitrogens with one attached hydrogen (secondary N) is 1. The van der Waals surface area contributed by atoms with Crippen molar-refractivity contribution in [2.75, 3.05) is 6.61 Å². The van der Waals surface area contributed by atoms with Crippen molar-refractivity contribution in [3.63, 3.8) is 0 Å². The van der Waals surface area contributed by atoms with Crippen molar-refractivity contribution in [3.8, 4) is 0 Å². The van der Waals surface area contributed by atoms with E-state index in [0.717, 1.165) is 0 Å². The standard InChI is InChI=1S/C16H27NO6/c1-7-21-12(18)9-8-11-16(10(2)3,17-14(20)22-11)13(19)23-15(4,5)6/h10-11H,7-9H2,1-6H3,(H,17,20)/t11-,16-/m0/s1. The lowest BCUT2D eigenvalue weighted by Crippen LogP contribution is -2.61. The topological polar surface area (TPSA) is 90.9 Å². The van der Waals surface area contributed by atoms with Crippen LogP contribution in [0.2, 0.25) is 0 Å². The van der Waals surface area contributed by atoms with Gasteiger partial charge in [-0.1, -0.05) is 13.8 Å². The Morgan fingerprint density at radius 1 is 1.35 bits per heavy atom. The Morgan fingerprint density at radius 2 is 1.96 bits per heavy atom. The van der Waals surface area contributed by atoms with E-state index in [1.165, 1.54) is 0 Å². The maximum Gasteiger partial charge on any atom is 0.408 e. The number of carbonyl (C=O) groups excluding carboxylic acids is 3. The molecule has 0 radical (unpaired) electrons. The van der Waals surface area contributed by atoms with Crippen LogP contribution < -0.4 is 5.32 Å². The molecule has 0 bridgehead atoms. The molecule has 1 N–H and O–H groups in total. The molecule has 0 unspecified atom stereocenters. The van der Waals surface area contributed by atoms with Gasteiger partial charge in [0, 0.05) is 6.42 Å². The predicted octanol–water partition coefficient (Wildman–Crippen LogP) is 2.17. The van der Waals surface area contributed by atoms with Gasteiger partial charge in [0.1, 0.15) is 11.7 Å². The van der Waals surface area contributed by atoms with E-state index >= 15 is 0 Å². The molecule has 23 heavy (non-hydrogen) atoms. The first-order chi connectivity index (χ1) is 10.5. The third-order valence-electron chi connectivity index (χ3n) is 3.63. The van der Waals surface area contributed by atoms with E-state index in [-0.39, 0.29) is 25.4 Å². The predicted molar refractivity (Wildman–Crippen MR) is 82.7 cm³/mol. The van der Waals surface area contributed by atoms with Gasteiger partial charge in [-0.15, -0.1) is 0 Å². The summed E-state index contributed by atoms with van der Waals surface area (Å²) in [4.78, 5) is 36.0. The normalized spacial score (nSPS) is 24.1. The zero-order chi connectivity index (χ0) is 17.8. The fourth-order valence-corrected chi connectivity index (χ4v) is 2.57. The van der Waals surface area contributed by atoms with Crippen molar-refractivity contribution >= 4 is 18.0 Å². The molecule has 1 heterocycles. The van der Waals surface area contributed by atoms with Gasteiger partial charge in [0.15, 0.2) is 5.54 Å². The Kier molecular flexibility index (Phi) is 6.02. The van der Waals surface area contributed by atoms with E-state index in [1.807, 2.05) is 0 Å². The second-order valence-corrected chi connectivity index (χ2v) is 6.89. The summed E-state index contributed by atoms with van der Waals surface area (Å²) in [5, 5.41) is 2.61. The molecule has 2 atom stereocenters. The van der Waals surface area contributed by atoms with Crippen molar-refractivity contribution in [1.29, 1.82) is 0 Å². The van der Waals surface area contributed by atoms with E-state index in [9.17, 15) is 14.4 Å². The van der Waals surface area contributed by atoms with Gasteiger partial charge in [-0.05, 0) is 40.0 Å². The molecular formula is C16H27NO6. The highest BCUT2D eigenvalue weighted by atomic mass is 16.6. The molecule has 1 aliphatic heterocycles. The smallest absolute Gasteiger partial charge is 0.408 e. The van der Waals surface area contributed by atoms with Gasteiger partial charge in [-0.3, -0.25) is 4.79 Å². The quantitative estimate of drug-likeness (QED) is 0.593. The number of hydrogen-bond acceptors (Lipinski definition) is 6. The lowest BCUT2D eigenvalue weighted by molar-refractivity contribution is -0.168. The number of cyclic esters (lactones) is 1. The zero-order valence-electron chi connectivity index (χ0n) is 14.7. The minimum Gasteiger partial charge on any atom is -0.466 e. The summed E-state index contributed by atoms with van der Waals surface area (Å²) < 4.78 is 15.6. The lowest BCUT2D eigenvalue weighted by atomic mass is 9.80. The summed E-state index contributed by atoms with van der Waals surface area (Å²) in [5.41, 5.74) is -2.01. The summed E-state index contributed by atoms with van der Waals surface area (Å²) in [5.74, 6) is -1.21. The van der Waals surface area contributed by atoms with Crippen LogP contribution in [0.4, 0.5) is 4.79 Å². The number of alkyl carbamates (subject to hydrolysis) is 1. The highest BCUT2D eigenvalue weighted by Gasteiger charge is 2.58. The van der Waals surface area contributed by atoms with Gasteiger partial charge in [-0.25, -0.2) is 9.59 Å². The van der Waals surface area contributed by atoms with Crippen LogP contribution in [0.15, 0.2) is 0 Å². The van der Waals surface area contributed by atoms with Crippen molar-refractivity contribution in [3.05, 3.63) is 0 Å². The molecule has 0 aromatic rings. The van der Waals surface area contributed by atoms with E-state index in [0.29, 0.717) is 0 Å². The number of esters is 2. The molecule has 0 aromatic heterocycles. The molecular weight excluding hydrogens is 302 g/mol. The van der Waals surface area contributed by atoms with E-state index in [2.05, 4.69) is 5.32 Å². The second kappa shape index (κ2) is 7.19. The van der Waals surface area contributed by atoms with Gasteiger partial charge < -0.3 is 19.5 Å². The molecule has 7 heteroatoms. The fourth-order valence-electron chi connectivity index (χ4n) is 2.57.